The summed E-state index contributed by atoms with van der Waals surface area (Å²) in [7, 11) is 1.69. The van der Waals surface area contributed by atoms with E-state index in [0.29, 0.717) is 6.61 Å². The molecule has 4 nitrogen and oxygen atoms in total. The van der Waals surface area contributed by atoms with E-state index < -0.39 is 0 Å². The molecule has 0 spiro atoms. The van der Waals surface area contributed by atoms with Crippen LogP contribution >= 0.6 is 0 Å². The van der Waals surface area contributed by atoms with Crippen LogP contribution in [0.1, 0.15) is 19.0 Å². The fourth-order valence-corrected chi connectivity index (χ4v) is 1.09. The molecule has 0 saturated carbocycles. The average molecular weight is 195 g/mol. The van der Waals surface area contributed by atoms with Gasteiger partial charge in [-0.3, -0.25) is 0 Å². The summed E-state index contributed by atoms with van der Waals surface area (Å²) in [5.41, 5.74) is 1.01. The van der Waals surface area contributed by atoms with Gasteiger partial charge in [-0.05, 0) is 6.42 Å². The van der Waals surface area contributed by atoms with Gasteiger partial charge >= 0.3 is 0 Å². The summed E-state index contributed by atoms with van der Waals surface area (Å²) in [6, 6.07) is 1.97. The van der Waals surface area contributed by atoms with E-state index >= 15 is 0 Å². The number of anilines is 1. The second-order valence-electron chi connectivity index (χ2n) is 3.06. The van der Waals surface area contributed by atoms with Crippen LogP contribution in [0.4, 0.5) is 5.82 Å². The van der Waals surface area contributed by atoms with Crippen molar-refractivity contribution in [2.75, 3.05) is 25.6 Å². The van der Waals surface area contributed by atoms with Crippen LogP contribution in [-0.4, -0.2) is 30.2 Å². The van der Waals surface area contributed by atoms with E-state index in [1.165, 1.54) is 0 Å². The Hall–Kier alpha value is -1.16. The maximum atomic E-state index is 4.99. The van der Waals surface area contributed by atoms with Crippen LogP contribution in [0.15, 0.2) is 12.4 Å². The van der Waals surface area contributed by atoms with Crippen LogP contribution in [0.5, 0.6) is 0 Å². The molecule has 0 fully saturated rings. The first-order valence-corrected chi connectivity index (χ1v) is 4.90. The lowest BCUT2D eigenvalue weighted by molar-refractivity contribution is 0.201. The molecule has 0 saturated heterocycles. The number of rotatable bonds is 6. The topological polar surface area (TPSA) is 47.0 Å². The molecule has 1 aromatic rings. The lowest BCUT2D eigenvalue weighted by Crippen LogP contribution is -2.04. The number of aromatic nitrogens is 2. The molecule has 0 aliphatic heterocycles. The van der Waals surface area contributed by atoms with Crippen molar-refractivity contribution < 1.29 is 4.74 Å². The molecular weight excluding hydrogens is 178 g/mol. The first kappa shape index (κ1) is 10.9. The second-order valence-corrected chi connectivity index (χ2v) is 3.06. The van der Waals surface area contributed by atoms with E-state index in [0.717, 1.165) is 30.9 Å². The van der Waals surface area contributed by atoms with Gasteiger partial charge in [0.05, 0.1) is 6.61 Å². The molecule has 1 heterocycles. The van der Waals surface area contributed by atoms with Crippen LogP contribution in [0.2, 0.25) is 0 Å². The second kappa shape index (κ2) is 6.32. The van der Waals surface area contributed by atoms with E-state index in [1.807, 2.05) is 6.07 Å². The van der Waals surface area contributed by atoms with E-state index in [9.17, 15) is 0 Å². The Kier molecular flexibility index (Phi) is 4.93. The Balaban J connectivity index is 2.50. The third-order valence-electron chi connectivity index (χ3n) is 1.84. The summed E-state index contributed by atoms with van der Waals surface area (Å²) >= 11 is 0. The number of nitrogens with one attached hydrogen (secondary N) is 1. The highest BCUT2D eigenvalue weighted by molar-refractivity contribution is 5.34. The summed E-state index contributed by atoms with van der Waals surface area (Å²) in [5.74, 6) is 0.896. The predicted molar refractivity (Wildman–Crippen MR) is 56.4 cm³/mol. The van der Waals surface area contributed by atoms with E-state index in [4.69, 9.17) is 4.74 Å². The highest BCUT2D eigenvalue weighted by Crippen LogP contribution is 2.04. The summed E-state index contributed by atoms with van der Waals surface area (Å²) < 4.78 is 4.99. The normalized spacial score (nSPS) is 10.1. The van der Waals surface area contributed by atoms with Gasteiger partial charge in [0.1, 0.15) is 12.1 Å². The van der Waals surface area contributed by atoms with E-state index in [-0.39, 0.29) is 0 Å². The van der Waals surface area contributed by atoms with Gasteiger partial charge in [-0.15, -0.1) is 0 Å². The molecule has 1 aromatic heterocycles. The van der Waals surface area contributed by atoms with E-state index in [1.54, 1.807) is 13.4 Å². The number of nitrogens with zero attached hydrogens (tertiary/aromatic N) is 2. The standard InChI is InChI=1S/C10H17N3O/c1-3-5-11-10-7-9(4-6-14-2)12-8-13-10/h7-8H,3-6H2,1-2H3,(H,11,12,13). The van der Waals surface area contributed by atoms with Crippen LogP contribution in [0.25, 0.3) is 0 Å². The van der Waals surface area contributed by atoms with Crippen molar-refractivity contribution in [3.05, 3.63) is 18.1 Å². The van der Waals surface area contributed by atoms with Gasteiger partial charge < -0.3 is 10.1 Å². The zero-order chi connectivity index (χ0) is 10.2. The van der Waals surface area contributed by atoms with Gasteiger partial charge in [-0.1, -0.05) is 6.92 Å². The first-order chi connectivity index (χ1) is 6.86. The molecule has 0 aromatic carbocycles. The maximum Gasteiger partial charge on any atom is 0.129 e. The molecule has 4 heteroatoms. The largest absolute Gasteiger partial charge is 0.384 e. The van der Waals surface area contributed by atoms with Gasteiger partial charge in [-0.2, -0.15) is 0 Å². The monoisotopic (exact) mass is 195 g/mol. The lowest BCUT2D eigenvalue weighted by Gasteiger charge is -2.04. The Labute approximate surface area is 84.7 Å². The summed E-state index contributed by atoms with van der Waals surface area (Å²) in [6.07, 6.45) is 3.51. The number of hydrogen-bond acceptors (Lipinski definition) is 4. The molecule has 1 N–H and O–H groups in total. The molecule has 0 radical (unpaired) electrons. The van der Waals surface area contributed by atoms with Crippen LogP contribution in [0, 0.1) is 0 Å². The van der Waals surface area contributed by atoms with Crippen LogP contribution < -0.4 is 5.32 Å². The Bertz CT molecular complexity index is 242. The summed E-state index contributed by atoms with van der Waals surface area (Å²) in [4.78, 5) is 8.28. The molecule has 0 atom stereocenters. The smallest absolute Gasteiger partial charge is 0.129 e. The van der Waals surface area contributed by atoms with Crippen molar-refractivity contribution in [2.45, 2.75) is 19.8 Å². The van der Waals surface area contributed by atoms with Crippen molar-refractivity contribution in [1.82, 2.24) is 9.97 Å². The third-order valence-corrected chi connectivity index (χ3v) is 1.84. The minimum Gasteiger partial charge on any atom is -0.384 e. The van der Waals surface area contributed by atoms with Crippen LogP contribution in [-0.2, 0) is 11.2 Å². The fraction of sp³-hybridized carbons (Fsp3) is 0.600. The maximum absolute atomic E-state index is 4.99. The zero-order valence-corrected chi connectivity index (χ0v) is 8.79. The Morgan fingerprint density at radius 1 is 1.43 bits per heavy atom. The predicted octanol–water partition coefficient (Wildman–Crippen LogP) is 1.49. The minimum absolute atomic E-state index is 0.699. The number of ether oxygens (including phenoxy) is 1. The van der Waals surface area contributed by atoms with Gasteiger partial charge in [0, 0.05) is 31.8 Å². The quantitative estimate of drug-likeness (QED) is 0.747. The highest BCUT2D eigenvalue weighted by Gasteiger charge is 1.97. The summed E-state index contributed by atoms with van der Waals surface area (Å²) in [6.45, 7) is 3.77. The molecule has 0 bridgehead atoms. The molecule has 78 valence electrons. The van der Waals surface area contributed by atoms with Gasteiger partial charge in [0.2, 0.25) is 0 Å². The van der Waals surface area contributed by atoms with Crippen molar-refractivity contribution in [3.63, 3.8) is 0 Å². The summed E-state index contributed by atoms with van der Waals surface area (Å²) in [5, 5.41) is 3.22. The Morgan fingerprint density at radius 3 is 3.00 bits per heavy atom. The van der Waals surface area contributed by atoms with Crippen molar-refractivity contribution >= 4 is 5.82 Å². The molecule has 14 heavy (non-hydrogen) atoms. The minimum atomic E-state index is 0.699. The highest BCUT2D eigenvalue weighted by atomic mass is 16.5. The fourth-order valence-electron chi connectivity index (χ4n) is 1.09. The first-order valence-electron chi connectivity index (χ1n) is 4.90. The lowest BCUT2D eigenvalue weighted by atomic mass is 10.3. The number of methoxy groups -OCH3 is 1. The number of hydrogen-bond donors (Lipinski definition) is 1. The van der Waals surface area contributed by atoms with Crippen molar-refractivity contribution in [2.24, 2.45) is 0 Å². The SMILES string of the molecule is CCCNc1cc(CCOC)ncn1. The van der Waals surface area contributed by atoms with Gasteiger partial charge in [0.15, 0.2) is 0 Å². The molecule has 0 unspecified atom stereocenters. The molecule has 0 aliphatic rings. The van der Waals surface area contributed by atoms with Crippen molar-refractivity contribution in [3.8, 4) is 0 Å². The molecule has 0 aliphatic carbocycles. The molecule has 0 amide bonds. The molecule has 1 rings (SSSR count). The van der Waals surface area contributed by atoms with Crippen molar-refractivity contribution in [1.29, 1.82) is 0 Å². The van der Waals surface area contributed by atoms with E-state index in [2.05, 4.69) is 22.2 Å². The van der Waals surface area contributed by atoms with Crippen LogP contribution in [0.3, 0.4) is 0 Å². The Morgan fingerprint density at radius 2 is 2.29 bits per heavy atom. The zero-order valence-electron chi connectivity index (χ0n) is 8.79. The van der Waals surface area contributed by atoms with Gasteiger partial charge in [-0.25, -0.2) is 9.97 Å². The van der Waals surface area contributed by atoms with Gasteiger partial charge in [0.25, 0.3) is 0 Å². The average Bonchev–Trinajstić information content (AvgIpc) is 2.24. The molecular formula is C10H17N3O. The third kappa shape index (κ3) is 3.70.